The van der Waals surface area contributed by atoms with Crippen molar-refractivity contribution in [3.8, 4) is 11.5 Å². The molecule has 0 aliphatic rings. The van der Waals surface area contributed by atoms with Crippen molar-refractivity contribution < 1.29 is 24.2 Å². The zero-order valence-corrected chi connectivity index (χ0v) is 22.8. The van der Waals surface area contributed by atoms with Gasteiger partial charge in [0.15, 0.2) is 11.5 Å². The lowest BCUT2D eigenvalue weighted by Gasteiger charge is -2.31. The molecule has 1 heterocycles. The number of aliphatic carboxylic acids is 1. The third kappa shape index (κ3) is 6.86. The molecule has 2 unspecified atom stereocenters. The summed E-state index contributed by atoms with van der Waals surface area (Å²) in [5.41, 5.74) is 1.82. The first-order valence-corrected chi connectivity index (χ1v) is 13.1. The van der Waals surface area contributed by atoms with Gasteiger partial charge in [-0.25, -0.2) is 5.84 Å². The van der Waals surface area contributed by atoms with Crippen LogP contribution in [0.15, 0.2) is 85.2 Å². The number of hydrazine groups is 1. The van der Waals surface area contributed by atoms with Crippen LogP contribution in [0.25, 0.3) is 10.8 Å². The standard InChI is InChI=1S/C31H34N4O5/c1-4-39-28-17-23(11-13-27(28)40-20(2)3)30(35(32)25-12-10-24-19-33-15-14-22(24)16-25)31(38)34-26(18-29(36)37)21-8-6-5-7-9-21/h5-17,19-20,26,30H,4,18,32H2,1-3H3,(H,34,38)(H,36,37). The van der Waals surface area contributed by atoms with E-state index in [4.69, 9.17) is 15.3 Å². The van der Waals surface area contributed by atoms with Crippen molar-refractivity contribution >= 4 is 28.3 Å². The molecule has 4 rings (SSSR count). The van der Waals surface area contributed by atoms with Crippen LogP contribution in [0.1, 0.15) is 50.4 Å². The fourth-order valence-electron chi connectivity index (χ4n) is 4.50. The molecule has 9 heteroatoms. The van der Waals surface area contributed by atoms with Crippen molar-refractivity contribution in [2.75, 3.05) is 11.6 Å². The number of nitrogens with two attached hydrogens (primary N) is 1. The third-order valence-corrected chi connectivity index (χ3v) is 6.29. The average molecular weight is 543 g/mol. The Morgan fingerprint density at radius 1 is 0.975 bits per heavy atom. The molecule has 4 aromatic rings. The Labute approximate surface area is 233 Å². The SMILES string of the molecule is CCOc1cc(C(C(=O)NC(CC(=O)O)c2ccccc2)N(N)c2ccc3cnccc3c2)ccc1OC(C)C. The predicted molar refractivity (Wildman–Crippen MR) is 154 cm³/mol. The van der Waals surface area contributed by atoms with Gasteiger partial charge in [-0.3, -0.25) is 19.6 Å². The number of pyridine rings is 1. The monoisotopic (exact) mass is 542 g/mol. The quantitative estimate of drug-likeness (QED) is 0.165. The molecule has 0 spiro atoms. The highest BCUT2D eigenvalue weighted by atomic mass is 16.5. The van der Waals surface area contributed by atoms with E-state index in [9.17, 15) is 14.7 Å². The molecular formula is C31H34N4O5. The van der Waals surface area contributed by atoms with Gasteiger partial charge in [0, 0.05) is 17.8 Å². The van der Waals surface area contributed by atoms with Crippen molar-refractivity contribution in [1.29, 1.82) is 0 Å². The number of anilines is 1. The molecule has 40 heavy (non-hydrogen) atoms. The Morgan fingerprint density at radius 3 is 2.45 bits per heavy atom. The molecule has 208 valence electrons. The summed E-state index contributed by atoms with van der Waals surface area (Å²) in [7, 11) is 0. The topological polar surface area (TPSA) is 127 Å². The van der Waals surface area contributed by atoms with E-state index in [0.29, 0.717) is 34.9 Å². The smallest absolute Gasteiger partial charge is 0.305 e. The van der Waals surface area contributed by atoms with Crippen molar-refractivity contribution in [1.82, 2.24) is 10.3 Å². The zero-order chi connectivity index (χ0) is 28.6. The molecule has 4 N–H and O–H groups in total. The lowest BCUT2D eigenvalue weighted by atomic mass is 10.00. The van der Waals surface area contributed by atoms with Gasteiger partial charge in [0.1, 0.15) is 6.04 Å². The molecule has 0 saturated heterocycles. The van der Waals surface area contributed by atoms with Crippen LogP contribution < -0.4 is 25.6 Å². The summed E-state index contributed by atoms with van der Waals surface area (Å²) in [5.74, 6) is 6.22. The number of carboxylic acid groups (broad SMARTS) is 1. The van der Waals surface area contributed by atoms with E-state index in [2.05, 4.69) is 10.3 Å². The zero-order valence-electron chi connectivity index (χ0n) is 22.8. The molecular weight excluding hydrogens is 508 g/mol. The number of ether oxygens (including phenoxy) is 2. The van der Waals surface area contributed by atoms with Gasteiger partial charge in [0.25, 0.3) is 0 Å². The van der Waals surface area contributed by atoms with Gasteiger partial charge >= 0.3 is 5.97 Å². The Kier molecular flexibility index (Phi) is 9.19. The number of rotatable bonds is 12. The molecule has 0 saturated carbocycles. The minimum Gasteiger partial charge on any atom is -0.490 e. The van der Waals surface area contributed by atoms with Crippen LogP contribution >= 0.6 is 0 Å². The number of nitrogens with one attached hydrogen (secondary N) is 1. The number of hydrogen-bond donors (Lipinski definition) is 3. The normalized spacial score (nSPS) is 12.5. The first-order valence-electron chi connectivity index (χ1n) is 13.1. The number of carbonyl (C=O) groups is 2. The van der Waals surface area contributed by atoms with Gasteiger partial charge in [-0.05, 0) is 67.6 Å². The minimum absolute atomic E-state index is 0.0788. The van der Waals surface area contributed by atoms with Crippen molar-refractivity contribution in [2.24, 2.45) is 5.84 Å². The second kappa shape index (κ2) is 12.9. The lowest BCUT2D eigenvalue weighted by Crippen LogP contribution is -2.45. The third-order valence-electron chi connectivity index (χ3n) is 6.29. The van der Waals surface area contributed by atoms with E-state index >= 15 is 0 Å². The minimum atomic E-state index is -1.03. The largest absolute Gasteiger partial charge is 0.490 e. The predicted octanol–water partition coefficient (Wildman–Crippen LogP) is 5.17. The molecule has 0 bridgehead atoms. The van der Waals surface area contributed by atoms with Crippen LogP contribution in [-0.2, 0) is 9.59 Å². The summed E-state index contributed by atoms with van der Waals surface area (Å²) in [6, 6.07) is 19.9. The van der Waals surface area contributed by atoms with Crippen LogP contribution in [0.5, 0.6) is 11.5 Å². The maximum Gasteiger partial charge on any atom is 0.305 e. The van der Waals surface area contributed by atoms with Crippen molar-refractivity contribution in [3.63, 3.8) is 0 Å². The fraction of sp³-hybridized carbons (Fsp3) is 0.258. The molecule has 9 nitrogen and oxygen atoms in total. The summed E-state index contributed by atoms with van der Waals surface area (Å²) in [6.45, 7) is 6.10. The van der Waals surface area contributed by atoms with Crippen LogP contribution in [0.2, 0.25) is 0 Å². The highest BCUT2D eigenvalue weighted by Gasteiger charge is 2.30. The van der Waals surface area contributed by atoms with Crippen LogP contribution in [-0.4, -0.2) is 34.7 Å². The molecule has 0 aliphatic carbocycles. The molecule has 1 aromatic heterocycles. The summed E-state index contributed by atoms with van der Waals surface area (Å²) >= 11 is 0. The maximum absolute atomic E-state index is 14.0. The number of fused-ring (bicyclic) bond motifs is 1. The molecule has 2 atom stereocenters. The number of benzene rings is 3. The highest BCUT2D eigenvalue weighted by Crippen LogP contribution is 2.35. The average Bonchev–Trinajstić information content (AvgIpc) is 2.94. The Morgan fingerprint density at radius 2 is 1.75 bits per heavy atom. The number of nitrogens with zero attached hydrogens (tertiary/aromatic N) is 2. The van der Waals surface area contributed by atoms with Gasteiger partial charge in [-0.1, -0.05) is 42.5 Å². The van der Waals surface area contributed by atoms with Gasteiger partial charge < -0.3 is 19.9 Å². The van der Waals surface area contributed by atoms with E-state index < -0.39 is 24.0 Å². The van der Waals surface area contributed by atoms with Gasteiger partial charge in [0.2, 0.25) is 5.91 Å². The fourth-order valence-corrected chi connectivity index (χ4v) is 4.50. The second-order valence-corrected chi connectivity index (χ2v) is 9.59. The number of aromatic nitrogens is 1. The van der Waals surface area contributed by atoms with E-state index in [0.717, 1.165) is 10.8 Å². The Bertz CT molecular complexity index is 1460. The lowest BCUT2D eigenvalue weighted by molar-refractivity contribution is -0.137. The molecule has 0 radical (unpaired) electrons. The Balaban J connectivity index is 1.77. The van der Waals surface area contributed by atoms with E-state index in [1.165, 1.54) is 5.01 Å². The highest BCUT2D eigenvalue weighted by molar-refractivity contribution is 5.90. The summed E-state index contributed by atoms with van der Waals surface area (Å²) in [6.07, 6.45) is 3.07. The number of carboxylic acids is 1. The summed E-state index contributed by atoms with van der Waals surface area (Å²) in [5, 5.41) is 15.7. The Hall–Kier alpha value is -4.63. The van der Waals surface area contributed by atoms with E-state index in [1.807, 2.05) is 51.1 Å². The summed E-state index contributed by atoms with van der Waals surface area (Å²) < 4.78 is 11.8. The van der Waals surface area contributed by atoms with Crippen molar-refractivity contribution in [3.05, 3.63) is 96.3 Å². The second-order valence-electron chi connectivity index (χ2n) is 9.59. The number of hydrogen-bond acceptors (Lipinski definition) is 7. The summed E-state index contributed by atoms with van der Waals surface area (Å²) in [4.78, 5) is 29.9. The maximum atomic E-state index is 14.0. The molecule has 1 amide bonds. The van der Waals surface area contributed by atoms with Crippen LogP contribution in [0, 0.1) is 0 Å². The van der Waals surface area contributed by atoms with Crippen molar-refractivity contribution in [2.45, 2.75) is 45.4 Å². The number of amides is 1. The van der Waals surface area contributed by atoms with E-state index in [1.54, 1.807) is 54.9 Å². The first-order chi connectivity index (χ1) is 19.3. The van der Waals surface area contributed by atoms with Crippen LogP contribution in [0.3, 0.4) is 0 Å². The van der Waals surface area contributed by atoms with Gasteiger partial charge in [-0.15, -0.1) is 0 Å². The van der Waals surface area contributed by atoms with E-state index in [-0.39, 0.29) is 12.5 Å². The number of carbonyl (C=O) groups excluding carboxylic acids is 1. The molecule has 0 fully saturated rings. The molecule has 0 aliphatic heterocycles. The van der Waals surface area contributed by atoms with Gasteiger partial charge in [0.05, 0.1) is 30.9 Å². The first kappa shape index (κ1) is 28.4. The molecule has 3 aromatic carbocycles. The van der Waals surface area contributed by atoms with Gasteiger partial charge in [-0.2, -0.15) is 0 Å². The van der Waals surface area contributed by atoms with Crippen LogP contribution in [0.4, 0.5) is 5.69 Å².